The van der Waals surface area contributed by atoms with Crippen LogP contribution in [0.4, 0.5) is 0 Å². The summed E-state index contributed by atoms with van der Waals surface area (Å²) in [7, 11) is 0. The summed E-state index contributed by atoms with van der Waals surface area (Å²) >= 11 is 1.24. The van der Waals surface area contributed by atoms with E-state index in [1.165, 1.54) is 11.8 Å². The van der Waals surface area contributed by atoms with Crippen LogP contribution in [-0.4, -0.2) is 52.5 Å². The van der Waals surface area contributed by atoms with E-state index in [0.29, 0.717) is 31.2 Å². The molecule has 0 radical (unpaired) electrons. The average molecular weight is 339 g/mol. The number of carbonyl (C=O) groups excluding carboxylic acids is 1. The highest BCUT2D eigenvalue weighted by Crippen LogP contribution is 2.30. The highest BCUT2D eigenvalue weighted by Gasteiger charge is 2.40. The predicted molar refractivity (Wildman–Crippen MR) is 85.4 cm³/mol. The van der Waals surface area contributed by atoms with Gasteiger partial charge in [0.1, 0.15) is 0 Å². The standard InChI is InChI=1S/C15H21N3O4S/c1-10-7-11(2)18-14(17-10)23-8-12(19)16-9-15(13(20)21)3-5-22-6-4-15/h7H,3-6,8-9H2,1-2H3,(H,16,19)(H,20,21). The fraction of sp³-hybridized carbons (Fsp3) is 0.600. The molecular formula is C15H21N3O4S. The van der Waals surface area contributed by atoms with Crippen LogP contribution < -0.4 is 5.32 Å². The molecule has 0 unspecified atom stereocenters. The van der Waals surface area contributed by atoms with E-state index >= 15 is 0 Å². The van der Waals surface area contributed by atoms with E-state index in [4.69, 9.17) is 4.74 Å². The largest absolute Gasteiger partial charge is 0.481 e. The second kappa shape index (κ2) is 7.74. The lowest BCUT2D eigenvalue weighted by Gasteiger charge is -2.33. The molecule has 2 N–H and O–H groups in total. The Morgan fingerprint density at radius 3 is 2.48 bits per heavy atom. The number of thioether (sulfide) groups is 1. The zero-order chi connectivity index (χ0) is 16.9. The molecule has 1 saturated heterocycles. The Balaban J connectivity index is 1.85. The number of carbonyl (C=O) groups is 2. The molecule has 0 atom stereocenters. The van der Waals surface area contributed by atoms with Crippen LogP contribution in [0.5, 0.6) is 0 Å². The maximum absolute atomic E-state index is 12.0. The molecule has 23 heavy (non-hydrogen) atoms. The van der Waals surface area contributed by atoms with E-state index in [1.54, 1.807) is 0 Å². The van der Waals surface area contributed by atoms with Gasteiger partial charge in [0, 0.05) is 31.1 Å². The summed E-state index contributed by atoms with van der Waals surface area (Å²) in [6, 6.07) is 1.87. The van der Waals surface area contributed by atoms with Gasteiger partial charge in [0.25, 0.3) is 0 Å². The van der Waals surface area contributed by atoms with Crippen LogP contribution >= 0.6 is 11.8 Å². The van der Waals surface area contributed by atoms with E-state index in [9.17, 15) is 14.7 Å². The van der Waals surface area contributed by atoms with Crippen molar-refractivity contribution in [2.75, 3.05) is 25.5 Å². The summed E-state index contributed by atoms with van der Waals surface area (Å²) in [6.07, 6.45) is 0.825. The molecular weight excluding hydrogens is 318 g/mol. The summed E-state index contributed by atoms with van der Waals surface area (Å²) in [5.74, 6) is -0.939. The Labute approximate surface area is 139 Å². The van der Waals surface area contributed by atoms with Crippen LogP contribution in [0.1, 0.15) is 24.2 Å². The Kier molecular flexibility index (Phi) is 5.95. The molecule has 126 valence electrons. The number of aryl methyl sites for hydroxylation is 2. The maximum Gasteiger partial charge on any atom is 0.311 e. The first-order valence-corrected chi connectivity index (χ1v) is 8.43. The lowest BCUT2D eigenvalue weighted by molar-refractivity contribution is -0.154. The van der Waals surface area contributed by atoms with Crippen LogP contribution in [0.3, 0.4) is 0 Å². The van der Waals surface area contributed by atoms with Crippen molar-refractivity contribution in [1.29, 1.82) is 0 Å². The van der Waals surface area contributed by atoms with Gasteiger partial charge in [-0.15, -0.1) is 0 Å². The number of carboxylic acids is 1. The zero-order valence-electron chi connectivity index (χ0n) is 13.3. The number of aromatic nitrogens is 2. The second-order valence-corrected chi connectivity index (χ2v) is 6.64. The third kappa shape index (κ3) is 4.90. The van der Waals surface area contributed by atoms with Crippen molar-refractivity contribution in [3.8, 4) is 0 Å². The second-order valence-electron chi connectivity index (χ2n) is 5.70. The van der Waals surface area contributed by atoms with Gasteiger partial charge in [-0.25, -0.2) is 9.97 Å². The third-order valence-corrected chi connectivity index (χ3v) is 4.67. The van der Waals surface area contributed by atoms with Crippen LogP contribution in [0, 0.1) is 19.3 Å². The van der Waals surface area contributed by atoms with Crippen LogP contribution in [0.25, 0.3) is 0 Å². The number of nitrogens with one attached hydrogen (secondary N) is 1. The SMILES string of the molecule is Cc1cc(C)nc(SCC(=O)NCC2(C(=O)O)CCOCC2)n1. The predicted octanol–water partition coefficient (Wildman–Crippen LogP) is 1.18. The minimum absolute atomic E-state index is 0.124. The summed E-state index contributed by atoms with van der Waals surface area (Å²) < 4.78 is 5.21. The first-order valence-electron chi connectivity index (χ1n) is 7.44. The number of carboxylic acid groups (broad SMARTS) is 1. The molecule has 0 saturated carbocycles. The van der Waals surface area contributed by atoms with E-state index < -0.39 is 11.4 Å². The molecule has 8 heteroatoms. The molecule has 2 heterocycles. The van der Waals surface area contributed by atoms with Gasteiger partial charge in [0.15, 0.2) is 5.16 Å². The lowest BCUT2D eigenvalue weighted by Crippen LogP contribution is -2.46. The smallest absolute Gasteiger partial charge is 0.311 e. The summed E-state index contributed by atoms with van der Waals surface area (Å²) in [5, 5.41) is 12.7. The van der Waals surface area contributed by atoms with Gasteiger partial charge in [-0.1, -0.05) is 11.8 Å². The third-order valence-electron chi connectivity index (χ3n) is 3.82. The van der Waals surface area contributed by atoms with E-state index in [2.05, 4.69) is 15.3 Å². The number of nitrogens with zero attached hydrogens (tertiary/aromatic N) is 2. The van der Waals surface area contributed by atoms with Crippen molar-refractivity contribution in [2.24, 2.45) is 5.41 Å². The highest BCUT2D eigenvalue weighted by atomic mass is 32.2. The van der Waals surface area contributed by atoms with Crippen LogP contribution in [0.2, 0.25) is 0 Å². The summed E-state index contributed by atoms with van der Waals surface area (Å²) in [4.78, 5) is 32.0. The number of amides is 1. The number of hydrogen-bond donors (Lipinski definition) is 2. The molecule has 7 nitrogen and oxygen atoms in total. The molecule has 2 rings (SSSR count). The van der Waals surface area contributed by atoms with Crippen molar-refractivity contribution in [2.45, 2.75) is 31.8 Å². The minimum Gasteiger partial charge on any atom is -0.481 e. The minimum atomic E-state index is -0.922. The number of hydrogen-bond acceptors (Lipinski definition) is 6. The lowest BCUT2D eigenvalue weighted by atomic mass is 9.80. The molecule has 0 aromatic carbocycles. The highest BCUT2D eigenvalue weighted by molar-refractivity contribution is 7.99. The molecule has 0 spiro atoms. The van der Waals surface area contributed by atoms with Crippen molar-refractivity contribution < 1.29 is 19.4 Å². The molecule has 0 bridgehead atoms. The van der Waals surface area contributed by atoms with Crippen molar-refractivity contribution in [3.63, 3.8) is 0 Å². The van der Waals surface area contributed by atoms with Gasteiger partial charge < -0.3 is 15.2 Å². The van der Waals surface area contributed by atoms with Crippen molar-refractivity contribution in [3.05, 3.63) is 17.5 Å². The topological polar surface area (TPSA) is 101 Å². The molecule has 1 aromatic rings. The van der Waals surface area contributed by atoms with Gasteiger partial charge in [-0.2, -0.15) is 0 Å². The summed E-state index contributed by atoms with van der Waals surface area (Å²) in [5.41, 5.74) is 0.787. The van der Waals surface area contributed by atoms with Gasteiger partial charge in [-0.3, -0.25) is 9.59 Å². The number of ether oxygens (including phenoxy) is 1. The first-order chi connectivity index (χ1) is 10.9. The monoisotopic (exact) mass is 339 g/mol. The van der Waals surface area contributed by atoms with E-state index in [-0.39, 0.29) is 18.2 Å². The van der Waals surface area contributed by atoms with E-state index in [1.807, 2.05) is 19.9 Å². The molecule has 0 aliphatic carbocycles. The van der Waals surface area contributed by atoms with Crippen LogP contribution in [-0.2, 0) is 14.3 Å². The first kappa shape index (κ1) is 17.7. The van der Waals surface area contributed by atoms with Gasteiger partial charge in [0.05, 0.1) is 11.2 Å². The Bertz CT molecular complexity index is 568. The molecule has 1 aromatic heterocycles. The fourth-order valence-electron chi connectivity index (χ4n) is 2.44. The number of aliphatic carboxylic acids is 1. The van der Waals surface area contributed by atoms with Crippen molar-refractivity contribution >= 4 is 23.6 Å². The molecule has 1 aliphatic heterocycles. The quantitative estimate of drug-likeness (QED) is 0.593. The van der Waals surface area contributed by atoms with Gasteiger partial charge >= 0.3 is 5.97 Å². The van der Waals surface area contributed by atoms with Crippen molar-refractivity contribution in [1.82, 2.24) is 15.3 Å². The Morgan fingerprint density at radius 1 is 1.30 bits per heavy atom. The normalized spacial score (nSPS) is 16.8. The number of rotatable bonds is 6. The molecule has 1 fully saturated rings. The van der Waals surface area contributed by atoms with Gasteiger partial charge in [-0.05, 0) is 32.8 Å². The Morgan fingerprint density at radius 2 is 1.91 bits per heavy atom. The van der Waals surface area contributed by atoms with E-state index in [0.717, 1.165) is 11.4 Å². The molecule has 1 amide bonds. The van der Waals surface area contributed by atoms with Gasteiger partial charge in [0.2, 0.25) is 5.91 Å². The van der Waals surface area contributed by atoms with Crippen LogP contribution in [0.15, 0.2) is 11.2 Å². The molecule has 1 aliphatic rings. The summed E-state index contributed by atoms with van der Waals surface area (Å²) in [6.45, 7) is 4.70. The Hall–Kier alpha value is -1.67. The average Bonchev–Trinajstić information content (AvgIpc) is 2.51. The fourth-order valence-corrected chi connectivity index (χ4v) is 3.21. The zero-order valence-corrected chi connectivity index (χ0v) is 14.1. The maximum atomic E-state index is 12.0.